The standard InChI is InChI=1S/CHCl3.B.3ClH/c2-1(3)4;;;;/h1H;;3*1H. The van der Waals surface area contributed by atoms with E-state index in [1.165, 1.54) is 0 Å². The van der Waals surface area contributed by atoms with Crippen molar-refractivity contribution in [1.82, 2.24) is 0 Å². The Labute approximate surface area is 84.4 Å². The zero-order valence-corrected chi connectivity index (χ0v) is 8.23. The molecule has 0 aliphatic heterocycles. The normalized spacial score (nSPS) is 4.50. The summed E-state index contributed by atoms with van der Waals surface area (Å²) in [7, 11) is 0. The molecule has 0 bridgehead atoms. The van der Waals surface area contributed by atoms with Crippen molar-refractivity contribution in [3.8, 4) is 0 Å². The average Bonchev–Trinajstić information content (AvgIpc) is 0.811. The molecule has 0 aromatic carbocycles. The molecule has 53 valence electrons. The molecule has 0 nitrogen and oxygen atoms in total. The Balaban J connectivity index is -0.00000000750. The summed E-state index contributed by atoms with van der Waals surface area (Å²) in [6, 6.07) is 0. The highest BCUT2D eigenvalue weighted by Crippen LogP contribution is 2.03. The van der Waals surface area contributed by atoms with Gasteiger partial charge in [-0.25, -0.2) is 0 Å². The lowest BCUT2D eigenvalue weighted by molar-refractivity contribution is 1.96. The van der Waals surface area contributed by atoms with E-state index in [4.69, 9.17) is 34.8 Å². The van der Waals surface area contributed by atoms with Crippen LogP contribution in [-0.2, 0) is 0 Å². The van der Waals surface area contributed by atoms with Crippen molar-refractivity contribution < 1.29 is 0 Å². The highest BCUT2D eigenvalue weighted by atomic mass is 35.6. The fourth-order valence-corrected chi connectivity index (χ4v) is 0. The van der Waals surface area contributed by atoms with Gasteiger partial charge in [0.15, 0.2) is 4.30 Å². The first-order valence-electron chi connectivity index (χ1n) is 0.655. The van der Waals surface area contributed by atoms with E-state index in [0.717, 1.165) is 0 Å². The molecule has 0 N–H and O–H groups in total. The number of rotatable bonds is 0. The molecule has 0 unspecified atom stereocenters. The van der Waals surface area contributed by atoms with E-state index in [9.17, 15) is 0 Å². The van der Waals surface area contributed by atoms with E-state index in [1.54, 1.807) is 0 Å². The highest BCUT2D eigenvalue weighted by molar-refractivity contribution is 6.63. The lowest BCUT2D eigenvalue weighted by Gasteiger charge is -1.69. The Morgan fingerprint density at radius 2 is 0.750 bits per heavy atom. The quantitative estimate of drug-likeness (QED) is 0.450. The molecule has 8 heavy (non-hydrogen) atoms. The predicted octanol–water partition coefficient (Wildman–Crippen LogP) is 2.87. The molecule has 0 saturated carbocycles. The highest BCUT2D eigenvalue weighted by Gasteiger charge is 1.78. The molecule has 0 aromatic heterocycles. The van der Waals surface area contributed by atoms with Crippen LogP contribution in [0.2, 0.25) is 0 Å². The number of hydrogen-bond donors (Lipinski definition) is 0. The summed E-state index contributed by atoms with van der Waals surface area (Å²) in [5, 5.41) is 0. The Morgan fingerprint density at radius 3 is 0.750 bits per heavy atom. The molecule has 3 radical (unpaired) electrons. The van der Waals surface area contributed by atoms with E-state index in [2.05, 4.69) is 0 Å². The zero-order chi connectivity index (χ0) is 3.58. The van der Waals surface area contributed by atoms with E-state index in [1.807, 2.05) is 0 Å². The third-order valence-corrected chi connectivity index (χ3v) is 0. The maximum absolute atomic E-state index is 4.81. The summed E-state index contributed by atoms with van der Waals surface area (Å²) in [4.78, 5) is 0. The van der Waals surface area contributed by atoms with Crippen molar-refractivity contribution in [3.63, 3.8) is 0 Å². The summed E-state index contributed by atoms with van der Waals surface area (Å²) in [6.07, 6.45) is 0. The second-order valence-corrected chi connectivity index (χ2v) is 2.23. The lowest BCUT2D eigenvalue weighted by atomic mass is 10.8. The van der Waals surface area contributed by atoms with Crippen LogP contribution in [-0.4, -0.2) is 12.7 Å². The van der Waals surface area contributed by atoms with Crippen LogP contribution in [0.25, 0.3) is 0 Å². The van der Waals surface area contributed by atoms with Gasteiger partial charge in [0.25, 0.3) is 0 Å². The predicted molar refractivity (Wildman–Crippen MR) is 48.8 cm³/mol. The van der Waals surface area contributed by atoms with Gasteiger partial charge in [0.2, 0.25) is 0 Å². The van der Waals surface area contributed by atoms with Gasteiger partial charge in [-0.1, -0.05) is 34.8 Å². The van der Waals surface area contributed by atoms with Crippen LogP contribution in [0.15, 0.2) is 0 Å². The SMILES string of the molecule is Cl.Cl.Cl.ClC(Cl)Cl.[B]. The monoisotopic (exact) mass is 237 g/mol. The van der Waals surface area contributed by atoms with E-state index >= 15 is 0 Å². The molecule has 0 heterocycles. The molecule has 0 aliphatic rings. The molecule has 0 amide bonds. The minimum absolute atomic E-state index is 0. The van der Waals surface area contributed by atoms with E-state index < -0.39 is 4.30 Å². The molecule has 0 fully saturated rings. The summed E-state index contributed by atoms with van der Waals surface area (Å²) in [5.41, 5.74) is 0. The van der Waals surface area contributed by atoms with E-state index in [0.29, 0.717) is 0 Å². The van der Waals surface area contributed by atoms with Crippen LogP contribution in [0, 0.1) is 0 Å². The molecule has 0 atom stereocenters. The Bertz CT molecular complexity index is 13.2. The topological polar surface area (TPSA) is 0 Å². The van der Waals surface area contributed by atoms with Gasteiger partial charge >= 0.3 is 0 Å². The maximum atomic E-state index is 4.81. The molecule has 0 spiro atoms. The minimum atomic E-state index is -0.750. The first kappa shape index (κ1) is 32.9. The fourth-order valence-electron chi connectivity index (χ4n) is 0. The maximum Gasteiger partial charge on any atom is 0.180 e. The number of halogens is 6. The van der Waals surface area contributed by atoms with Crippen LogP contribution in [0.4, 0.5) is 0 Å². The van der Waals surface area contributed by atoms with Gasteiger partial charge in [0.05, 0.1) is 0 Å². The Kier molecular flexibility index (Phi) is 95.6. The average molecular weight is 240 g/mol. The Morgan fingerprint density at radius 1 is 0.750 bits per heavy atom. The van der Waals surface area contributed by atoms with Crippen molar-refractivity contribution in [2.75, 3.05) is 0 Å². The van der Waals surface area contributed by atoms with Gasteiger partial charge in [0, 0.05) is 8.41 Å². The van der Waals surface area contributed by atoms with Crippen LogP contribution in [0.5, 0.6) is 0 Å². The lowest BCUT2D eigenvalue weighted by Crippen LogP contribution is -1.55. The van der Waals surface area contributed by atoms with Crippen LogP contribution in [0.3, 0.4) is 0 Å². The van der Waals surface area contributed by atoms with Gasteiger partial charge in [-0.05, 0) is 0 Å². The number of hydrogen-bond acceptors (Lipinski definition) is 0. The fraction of sp³-hybridized carbons (Fsp3) is 1.00. The summed E-state index contributed by atoms with van der Waals surface area (Å²) in [5.74, 6) is 0. The van der Waals surface area contributed by atoms with Gasteiger partial charge in [0.1, 0.15) is 0 Å². The van der Waals surface area contributed by atoms with Crippen molar-refractivity contribution in [2.45, 2.75) is 4.30 Å². The van der Waals surface area contributed by atoms with Gasteiger partial charge in [-0.15, -0.1) is 37.2 Å². The van der Waals surface area contributed by atoms with Crippen LogP contribution in [0.1, 0.15) is 0 Å². The second-order valence-electron chi connectivity index (χ2n) is 0.247. The molecular formula is CH4BCl6. The largest absolute Gasteiger partial charge is 0.180 e. The first-order valence-corrected chi connectivity index (χ1v) is 1.96. The van der Waals surface area contributed by atoms with Gasteiger partial charge < -0.3 is 0 Å². The zero-order valence-electron chi connectivity index (χ0n) is 3.51. The molecule has 0 aromatic rings. The van der Waals surface area contributed by atoms with Crippen LogP contribution >= 0.6 is 72.0 Å². The minimum Gasteiger partial charge on any atom is -0.147 e. The molecule has 0 saturated heterocycles. The molecular weight excluding hydrogens is 236 g/mol. The van der Waals surface area contributed by atoms with Crippen molar-refractivity contribution in [2.24, 2.45) is 0 Å². The van der Waals surface area contributed by atoms with Crippen molar-refractivity contribution in [3.05, 3.63) is 0 Å². The summed E-state index contributed by atoms with van der Waals surface area (Å²) >= 11 is 14.4. The summed E-state index contributed by atoms with van der Waals surface area (Å²) in [6.45, 7) is 0. The van der Waals surface area contributed by atoms with Crippen molar-refractivity contribution >= 4 is 80.4 Å². The number of alkyl halides is 3. The third-order valence-electron chi connectivity index (χ3n) is 0. The van der Waals surface area contributed by atoms with Gasteiger partial charge in [-0.3, -0.25) is 0 Å². The van der Waals surface area contributed by atoms with E-state index in [-0.39, 0.29) is 45.6 Å². The summed E-state index contributed by atoms with van der Waals surface area (Å²) < 4.78 is -0.750. The second kappa shape index (κ2) is 23.2. The molecule has 0 rings (SSSR count). The molecule has 7 heteroatoms. The first-order chi connectivity index (χ1) is 1.73. The third kappa shape index (κ3) is 111. The molecule has 0 aliphatic carbocycles. The Hall–Kier alpha value is 1.80. The smallest absolute Gasteiger partial charge is 0.147 e. The van der Waals surface area contributed by atoms with Crippen molar-refractivity contribution in [1.29, 1.82) is 0 Å². The van der Waals surface area contributed by atoms with Crippen LogP contribution < -0.4 is 0 Å². The van der Waals surface area contributed by atoms with Gasteiger partial charge in [-0.2, -0.15) is 0 Å².